The van der Waals surface area contributed by atoms with Gasteiger partial charge in [0.25, 0.3) is 0 Å². The normalized spacial score (nSPS) is 23.4. The molecule has 3 atom stereocenters. The molecule has 2 saturated heterocycles. The molecule has 2 fully saturated rings. The number of phenolic OH excluding ortho intramolecular Hbond substituents is 1. The number of unbranched alkanes of at least 4 members (excludes halogenated alkanes) is 1. The highest BCUT2D eigenvalue weighted by Gasteiger charge is 2.42. The number of amides is 3. The van der Waals surface area contributed by atoms with Crippen molar-refractivity contribution in [2.24, 2.45) is 0 Å². The lowest BCUT2D eigenvalue weighted by Crippen LogP contribution is -2.36. The average molecular weight is 394 g/mol. The maximum absolute atomic E-state index is 12.0. The Hall–Kier alpha value is -2.09. The molecule has 1 aromatic rings. The van der Waals surface area contributed by atoms with E-state index in [1.54, 1.807) is 12.1 Å². The third kappa shape index (κ3) is 5.22. The van der Waals surface area contributed by atoms with Gasteiger partial charge in [-0.05, 0) is 37.0 Å². The number of hydrogen-bond acceptors (Lipinski definition) is 5. The number of benzene rings is 1. The molecule has 1 aromatic carbocycles. The van der Waals surface area contributed by atoms with Gasteiger partial charge in [-0.3, -0.25) is 4.79 Å². The van der Waals surface area contributed by atoms with Gasteiger partial charge in [0.15, 0.2) is 11.5 Å². The molecular weight excluding hydrogens is 366 g/mol. The van der Waals surface area contributed by atoms with Gasteiger partial charge < -0.3 is 25.8 Å². The quantitative estimate of drug-likeness (QED) is 0.379. The van der Waals surface area contributed by atoms with Crippen LogP contribution in [0.15, 0.2) is 18.2 Å². The number of nitrogens with one attached hydrogen (secondary N) is 3. The van der Waals surface area contributed by atoms with Gasteiger partial charge in [0.05, 0.1) is 19.2 Å². The molecule has 0 saturated carbocycles. The number of hydrogen-bond donors (Lipinski definition) is 4. The summed E-state index contributed by atoms with van der Waals surface area (Å²) in [6.07, 6.45) is 4.08. The van der Waals surface area contributed by atoms with E-state index in [2.05, 4.69) is 16.0 Å². The van der Waals surface area contributed by atoms with E-state index in [0.29, 0.717) is 30.4 Å². The minimum atomic E-state index is -0.0547. The van der Waals surface area contributed by atoms with Crippen LogP contribution in [0.5, 0.6) is 11.5 Å². The molecule has 0 aliphatic carbocycles. The van der Waals surface area contributed by atoms with Crippen molar-refractivity contribution >= 4 is 23.7 Å². The summed E-state index contributed by atoms with van der Waals surface area (Å²) < 4.78 is 5.09. The molecule has 3 amide bonds. The molecular formula is C19H27N3O4S. The van der Waals surface area contributed by atoms with Gasteiger partial charge in [-0.15, -0.1) is 0 Å². The van der Waals surface area contributed by atoms with E-state index < -0.39 is 0 Å². The van der Waals surface area contributed by atoms with Crippen molar-refractivity contribution in [1.29, 1.82) is 0 Å². The molecule has 148 valence electrons. The fourth-order valence-electron chi connectivity index (χ4n) is 3.59. The van der Waals surface area contributed by atoms with Gasteiger partial charge in [0, 0.05) is 24.0 Å². The third-order valence-electron chi connectivity index (χ3n) is 5.06. The summed E-state index contributed by atoms with van der Waals surface area (Å²) in [6.45, 7) is 0.562. The molecule has 2 aliphatic heterocycles. The van der Waals surface area contributed by atoms with Crippen LogP contribution in [0.1, 0.15) is 31.2 Å². The second kappa shape index (κ2) is 9.21. The smallest absolute Gasteiger partial charge is 0.315 e. The lowest BCUT2D eigenvalue weighted by atomic mass is 10.0. The number of ether oxygens (including phenoxy) is 1. The highest BCUT2D eigenvalue weighted by molar-refractivity contribution is 8.00. The minimum Gasteiger partial charge on any atom is -0.504 e. The van der Waals surface area contributed by atoms with Crippen molar-refractivity contribution < 1.29 is 19.4 Å². The average Bonchev–Trinajstić information content (AvgIpc) is 3.19. The predicted molar refractivity (Wildman–Crippen MR) is 105 cm³/mol. The maximum Gasteiger partial charge on any atom is 0.315 e. The van der Waals surface area contributed by atoms with Gasteiger partial charge in [0.1, 0.15) is 0 Å². The fourth-order valence-corrected chi connectivity index (χ4v) is 5.13. The van der Waals surface area contributed by atoms with Gasteiger partial charge in [-0.25, -0.2) is 4.79 Å². The zero-order chi connectivity index (χ0) is 19.2. The van der Waals surface area contributed by atoms with Crippen LogP contribution in [0.4, 0.5) is 4.79 Å². The van der Waals surface area contributed by atoms with Crippen molar-refractivity contribution in [2.45, 2.75) is 49.4 Å². The molecule has 2 heterocycles. The van der Waals surface area contributed by atoms with Crippen LogP contribution < -0.4 is 20.7 Å². The van der Waals surface area contributed by atoms with E-state index in [0.717, 1.165) is 30.6 Å². The fraction of sp³-hybridized carbons (Fsp3) is 0.579. The van der Waals surface area contributed by atoms with Crippen LogP contribution in [-0.4, -0.2) is 53.8 Å². The van der Waals surface area contributed by atoms with Crippen LogP contribution in [0.3, 0.4) is 0 Å². The predicted octanol–water partition coefficient (Wildman–Crippen LogP) is 1.79. The first-order valence-electron chi connectivity index (χ1n) is 9.38. The number of carbonyl (C=O) groups is 2. The molecule has 0 radical (unpaired) electrons. The van der Waals surface area contributed by atoms with E-state index in [1.165, 1.54) is 7.11 Å². The Labute approximate surface area is 163 Å². The SMILES string of the molecule is COc1cc(CCNC(=O)CCCC[C@@H]2SC[C@@H]3NC(=O)N[C@@H]32)ccc1O. The lowest BCUT2D eigenvalue weighted by Gasteiger charge is -2.16. The van der Waals surface area contributed by atoms with Crippen LogP contribution in [0.25, 0.3) is 0 Å². The number of rotatable bonds is 9. The van der Waals surface area contributed by atoms with Gasteiger partial charge in [-0.2, -0.15) is 11.8 Å². The van der Waals surface area contributed by atoms with Crippen LogP contribution in [0, 0.1) is 0 Å². The second-order valence-electron chi connectivity index (χ2n) is 6.97. The monoisotopic (exact) mass is 393 g/mol. The van der Waals surface area contributed by atoms with Gasteiger partial charge in [0.2, 0.25) is 5.91 Å². The summed E-state index contributed by atoms with van der Waals surface area (Å²) in [5, 5.41) is 18.9. The number of aromatic hydroxyl groups is 1. The zero-order valence-corrected chi connectivity index (χ0v) is 16.3. The van der Waals surface area contributed by atoms with Crippen molar-refractivity contribution in [1.82, 2.24) is 16.0 Å². The first-order valence-corrected chi connectivity index (χ1v) is 10.4. The Morgan fingerprint density at radius 3 is 3.04 bits per heavy atom. The molecule has 7 nitrogen and oxygen atoms in total. The van der Waals surface area contributed by atoms with Crippen LogP contribution in [-0.2, 0) is 11.2 Å². The summed E-state index contributed by atoms with van der Waals surface area (Å²) in [6, 6.07) is 5.65. The van der Waals surface area contributed by atoms with E-state index in [1.807, 2.05) is 17.8 Å². The molecule has 2 aliphatic rings. The largest absolute Gasteiger partial charge is 0.504 e. The Balaban J connectivity index is 1.28. The van der Waals surface area contributed by atoms with Gasteiger partial charge >= 0.3 is 6.03 Å². The molecule has 3 rings (SSSR count). The van der Waals surface area contributed by atoms with Crippen molar-refractivity contribution in [3.63, 3.8) is 0 Å². The Kier molecular flexibility index (Phi) is 6.71. The highest BCUT2D eigenvalue weighted by Crippen LogP contribution is 2.33. The number of urea groups is 1. The standard InChI is InChI=1S/C19H27N3O4S/c1-26-15-10-12(6-7-14(15)23)8-9-20-17(24)5-3-2-4-16-18-13(11-27-16)21-19(25)22-18/h6-7,10,13,16,18,23H,2-5,8-9,11H2,1H3,(H,20,24)(H2,21,22,25)/t13-,16-,18-/m0/s1. The summed E-state index contributed by atoms with van der Waals surface area (Å²) in [5.74, 6) is 1.59. The molecule has 8 heteroatoms. The molecule has 27 heavy (non-hydrogen) atoms. The van der Waals surface area contributed by atoms with Crippen LogP contribution in [0.2, 0.25) is 0 Å². The molecule has 0 spiro atoms. The summed E-state index contributed by atoms with van der Waals surface area (Å²) in [5.41, 5.74) is 1.00. The Morgan fingerprint density at radius 1 is 1.37 bits per heavy atom. The number of carbonyl (C=O) groups excluding carboxylic acids is 2. The maximum atomic E-state index is 12.0. The van der Waals surface area contributed by atoms with Gasteiger partial charge in [-0.1, -0.05) is 12.5 Å². The van der Waals surface area contributed by atoms with Crippen molar-refractivity contribution in [2.75, 3.05) is 19.4 Å². The Bertz CT molecular complexity index is 685. The first-order chi connectivity index (χ1) is 13.1. The number of fused-ring (bicyclic) bond motifs is 1. The summed E-state index contributed by atoms with van der Waals surface area (Å²) in [4.78, 5) is 23.4. The lowest BCUT2D eigenvalue weighted by molar-refractivity contribution is -0.121. The first kappa shape index (κ1) is 19.7. The zero-order valence-electron chi connectivity index (χ0n) is 15.5. The third-order valence-corrected chi connectivity index (χ3v) is 6.57. The molecule has 4 N–H and O–H groups in total. The Morgan fingerprint density at radius 2 is 2.22 bits per heavy atom. The van der Waals surface area contributed by atoms with Crippen LogP contribution >= 0.6 is 11.8 Å². The van der Waals surface area contributed by atoms with E-state index in [-0.39, 0.29) is 29.8 Å². The molecule has 0 unspecified atom stereocenters. The second-order valence-corrected chi connectivity index (χ2v) is 8.25. The van der Waals surface area contributed by atoms with E-state index in [4.69, 9.17) is 4.74 Å². The minimum absolute atomic E-state index is 0.0547. The van der Waals surface area contributed by atoms with E-state index in [9.17, 15) is 14.7 Å². The van der Waals surface area contributed by atoms with E-state index >= 15 is 0 Å². The molecule has 0 aromatic heterocycles. The van der Waals surface area contributed by atoms with Crippen molar-refractivity contribution in [3.05, 3.63) is 23.8 Å². The molecule has 0 bridgehead atoms. The number of methoxy groups -OCH3 is 1. The summed E-state index contributed by atoms with van der Waals surface area (Å²) >= 11 is 1.90. The highest BCUT2D eigenvalue weighted by atomic mass is 32.2. The number of thioether (sulfide) groups is 1. The topological polar surface area (TPSA) is 99.7 Å². The number of phenols is 1. The summed E-state index contributed by atoms with van der Waals surface area (Å²) in [7, 11) is 1.52. The van der Waals surface area contributed by atoms with Crippen molar-refractivity contribution in [3.8, 4) is 11.5 Å².